The van der Waals surface area contributed by atoms with Gasteiger partial charge < -0.3 is 19.1 Å². The van der Waals surface area contributed by atoms with Crippen LogP contribution in [0.3, 0.4) is 0 Å². The molecule has 2 aromatic carbocycles. The maximum Gasteiger partial charge on any atom is 0.348 e. The predicted molar refractivity (Wildman–Crippen MR) is 148 cm³/mol. The molecule has 1 unspecified atom stereocenters. The van der Waals surface area contributed by atoms with Crippen LogP contribution in [-0.2, 0) is 9.09 Å². The second kappa shape index (κ2) is 10.1. The van der Waals surface area contributed by atoms with Crippen LogP contribution in [0.25, 0.3) is 32.9 Å². The molecule has 0 saturated carbocycles. The third-order valence-corrected chi connectivity index (χ3v) is 9.42. The van der Waals surface area contributed by atoms with Gasteiger partial charge in [-0.25, -0.2) is 4.79 Å². The largest absolute Gasteiger partial charge is 0.477 e. The number of halogens is 1. The highest BCUT2D eigenvalue weighted by Gasteiger charge is 2.30. The Labute approximate surface area is 222 Å². The van der Waals surface area contributed by atoms with E-state index in [-0.39, 0.29) is 17.2 Å². The Morgan fingerprint density at radius 1 is 1.14 bits per heavy atom. The summed E-state index contributed by atoms with van der Waals surface area (Å²) in [7, 11) is -3.64. The van der Waals surface area contributed by atoms with Crippen molar-refractivity contribution in [3.8, 4) is 21.8 Å². The lowest BCUT2D eigenvalue weighted by Crippen LogP contribution is -2.17. The first-order chi connectivity index (χ1) is 17.8. The van der Waals surface area contributed by atoms with Gasteiger partial charge in [-0.1, -0.05) is 35.9 Å². The summed E-state index contributed by atoms with van der Waals surface area (Å²) in [5.41, 5.74) is 4.07. The third kappa shape index (κ3) is 5.06. The number of furan rings is 1. The number of carboxylic acids is 1. The molecule has 0 saturated heterocycles. The van der Waals surface area contributed by atoms with Crippen molar-refractivity contribution in [1.82, 2.24) is 4.98 Å². The molecule has 7 nitrogen and oxygen atoms in total. The van der Waals surface area contributed by atoms with Gasteiger partial charge in [-0.15, -0.1) is 11.3 Å². The van der Waals surface area contributed by atoms with E-state index in [0.29, 0.717) is 32.1 Å². The van der Waals surface area contributed by atoms with Crippen LogP contribution in [0, 0.1) is 6.92 Å². The smallest absolute Gasteiger partial charge is 0.348 e. The SMILES string of the molecule is CCOP(=O)(Nc1cc(-c2ccc(-c3cc4ncccc4o3)cc2)sc1C(=O)O)c1ccc(Cl)cc1C. The molecule has 0 aliphatic carbocycles. The first-order valence-electron chi connectivity index (χ1n) is 11.4. The van der Waals surface area contributed by atoms with Crippen LogP contribution in [0.15, 0.2) is 77.3 Å². The Hall–Kier alpha value is -3.42. The molecule has 2 N–H and O–H groups in total. The summed E-state index contributed by atoms with van der Waals surface area (Å²) in [6, 6.07) is 19.8. The van der Waals surface area contributed by atoms with E-state index in [4.69, 9.17) is 20.5 Å². The third-order valence-electron chi connectivity index (χ3n) is 5.72. The van der Waals surface area contributed by atoms with Crippen LogP contribution in [0.5, 0.6) is 0 Å². The summed E-state index contributed by atoms with van der Waals surface area (Å²) in [6.07, 6.45) is 1.71. The number of thiophene rings is 1. The summed E-state index contributed by atoms with van der Waals surface area (Å²) < 4.78 is 25.5. The zero-order chi connectivity index (χ0) is 26.2. The summed E-state index contributed by atoms with van der Waals surface area (Å²) in [6.45, 7) is 3.69. The fourth-order valence-electron chi connectivity index (χ4n) is 4.04. The fourth-order valence-corrected chi connectivity index (χ4v) is 7.28. The number of aromatic nitrogens is 1. The number of carbonyl (C=O) groups is 1. The summed E-state index contributed by atoms with van der Waals surface area (Å²) >= 11 is 7.17. The lowest BCUT2D eigenvalue weighted by Gasteiger charge is -2.21. The number of nitrogens with zero attached hydrogens (tertiary/aromatic N) is 1. The van der Waals surface area contributed by atoms with Gasteiger partial charge in [0.05, 0.1) is 17.6 Å². The minimum absolute atomic E-state index is 0.0361. The van der Waals surface area contributed by atoms with Gasteiger partial charge in [0.15, 0.2) is 5.58 Å². The summed E-state index contributed by atoms with van der Waals surface area (Å²) in [4.78, 5) is 17.1. The number of benzene rings is 2. The molecule has 0 fully saturated rings. The Morgan fingerprint density at radius 2 is 1.89 bits per heavy atom. The van der Waals surface area contributed by atoms with Gasteiger partial charge in [0.25, 0.3) is 0 Å². The highest BCUT2D eigenvalue weighted by molar-refractivity contribution is 7.68. The van der Waals surface area contributed by atoms with E-state index in [9.17, 15) is 14.5 Å². The molecule has 0 bridgehead atoms. The number of rotatable bonds is 8. The molecule has 188 valence electrons. The Kier molecular flexibility index (Phi) is 6.92. The maximum atomic E-state index is 13.9. The summed E-state index contributed by atoms with van der Waals surface area (Å²) in [5, 5.41) is 13.8. The molecule has 1 atom stereocenters. The highest BCUT2D eigenvalue weighted by Crippen LogP contribution is 2.49. The quantitative estimate of drug-likeness (QED) is 0.189. The fraction of sp³-hybridized carbons (Fsp3) is 0.111. The Balaban J connectivity index is 1.48. The molecular weight excluding hydrogens is 531 g/mol. The van der Waals surface area contributed by atoms with Crippen molar-refractivity contribution in [2.75, 3.05) is 11.7 Å². The van der Waals surface area contributed by atoms with E-state index < -0.39 is 13.5 Å². The van der Waals surface area contributed by atoms with Gasteiger partial charge in [0.1, 0.15) is 16.2 Å². The van der Waals surface area contributed by atoms with Crippen molar-refractivity contribution in [3.63, 3.8) is 0 Å². The van der Waals surface area contributed by atoms with Crippen molar-refractivity contribution < 1.29 is 23.4 Å². The van der Waals surface area contributed by atoms with Crippen LogP contribution in [0.2, 0.25) is 5.02 Å². The monoisotopic (exact) mass is 552 g/mol. The van der Waals surface area contributed by atoms with Gasteiger partial charge in [0.2, 0.25) is 0 Å². The van der Waals surface area contributed by atoms with Gasteiger partial charge >= 0.3 is 13.5 Å². The number of aromatic carboxylic acids is 1. The zero-order valence-corrected chi connectivity index (χ0v) is 22.4. The van der Waals surface area contributed by atoms with E-state index in [1.807, 2.05) is 42.5 Å². The minimum Gasteiger partial charge on any atom is -0.477 e. The number of anilines is 1. The topological polar surface area (TPSA) is 102 Å². The van der Waals surface area contributed by atoms with Crippen LogP contribution in [0.4, 0.5) is 5.69 Å². The maximum absolute atomic E-state index is 13.9. The normalized spacial score (nSPS) is 12.9. The van der Waals surface area contributed by atoms with Gasteiger partial charge in [0, 0.05) is 27.7 Å². The van der Waals surface area contributed by atoms with Crippen molar-refractivity contribution in [3.05, 3.63) is 88.4 Å². The number of nitrogens with one attached hydrogen (secondary N) is 1. The van der Waals surface area contributed by atoms with Crippen molar-refractivity contribution >= 4 is 58.5 Å². The number of hydrogen-bond donors (Lipinski definition) is 2. The first-order valence-corrected chi connectivity index (χ1v) is 14.2. The molecule has 0 spiro atoms. The molecule has 10 heteroatoms. The number of aryl methyl sites for hydroxylation is 1. The lowest BCUT2D eigenvalue weighted by atomic mass is 10.1. The standard InChI is InChI=1S/C27H22ClN2O5PS/c1-3-34-36(33,24-11-10-19(28)13-16(24)2)30-21-15-25(37-26(21)27(31)32)18-8-6-17(7-9-18)23-14-20-22(35-23)5-4-12-29-20/h4-15H,3H2,1-2H3,(H,30,33)(H,31,32). The molecule has 0 aliphatic heterocycles. The Morgan fingerprint density at radius 3 is 2.57 bits per heavy atom. The molecule has 37 heavy (non-hydrogen) atoms. The molecule has 3 heterocycles. The lowest BCUT2D eigenvalue weighted by molar-refractivity contribution is 0.0703. The molecule has 0 amide bonds. The average molecular weight is 553 g/mol. The highest BCUT2D eigenvalue weighted by atomic mass is 35.5. The van der Waals surface area contributed by atoms with Gasteiger partial charge in [-0.3, -0.25) is 9.55 Å². The Bertz CT molecular complexity index is 1630. The molecule has 3 aromatic heterocycles. The molecule has 5 aromatic rings. The van der Waals surface area contributed by atoms with Crippen LogP contribution < -0.4 is 10.4 Å². The van der Waals surface area contributed by atoms with Crippen LogP contribution in [-0.4, -0.2) is 22.7 Å². The van der Waals surface area contributed by atoms with Crippen molar-refractivity contribution in [1.29, 1.82) is 0 Å². The summed E-state index contributed by atoms with van der Waals surface area (Å²) in [5.74, 6) is -0.433. The van der Waals surface area contributed by atoms with Crippen LogP contribution in [0.1, 0.15) is 22.2 Å². The van der Waals surface area contributed by atoms with E-state index >= 15 is 0 Å². The number of pyridine rings is 1. The zero-order valence-electron chi connectivity index (χ0n) is 19.9. The van der Waals surface area contributed by atoms with Crippen LogP contribution >= 0.6 is 30.5 Å². The molecule has 0 radical (unpaired) electrons. The number of hydrogen-bond acceptors (Lipinski definition) is 6. The number of carboxylic acid groups (broad SMARTS) is 1. The van der Waals surface area contributed by atoms with Gasteiger partial charge in [-0.05, 0) is 61.4 Å². The van der Waals surface area contributed by atoms with E-state index in [0.717, 1.165) is 28.0 Å². The first kappa shape index (κ1) is 25.2. The van der Waals surface area contributed by atoms with Crippen molar-refractivity contribution in [2.45, 2.75) is 13.8 Å². The molecule has 0 aliphatic rings. The van der Waals surface area contributed by atoms with Crippen molar-refractivity contribution in [2.24, 2.45) is 0 Å². The predicted octanol–water partition coefficient (Wildman–Crippen LogP) is 7.85. The number of fused-ring (bicyclic) bond motifs is 1. The van der Waals surface area contributed by atoms with Gasteiger partial charge in [-0.2, -0.15) is 0 Å². The molecule has 5 rings (SSSR count). The average Bonchev–Trinajstić information content (AvgIpc) is 3.48. The minimum atomic E-state index is -3.64. The second-order valence-corrected chi connectivity index (χ2v) is 11.8. The van der Waals surface area contributed by atoms with E-state index in [1.54, 1.807) is 44.3 Å². The van der Waals surface area contributed by atoms with E-state index in [1.165, 1.54) is 0 Å². The van der Waals surface area contributed by atoms with E-state index in [2.05, 4.69) is 10.1 Å². The second-order valence-electron chi connectivity index (χ2n) is 8.25. The molecular formula is C27H22ClN2O5PS.